The van der Waals surface area contributed by atoms with Crippen LogP contribution >= 0.6 is 0 Å². The average Bonchev–Trinajstić information content (AvgIpc) is 3.33. The van der Waals surface area contributed by atoms with E-state index >= 15 is 0 Å². The topological polar surface area (TPSA) is 64.8 Å². The van der Waals surface area contributed by atoms with E-state index in [4.69, 9.17) is 19.2 Å². The van der Waals surface area contributed by atoms with Gasteiger partial charge in [-0.25, -0.2) is 18.8 Å². The van der Waals surface area contributed by atoms with E-state index in [0.29, 0.717) is 37.7 Å². The minimum atomic E-state index is -0.949. The van der Waals surface area contributed by atoms with Gasteiger partial charge >= 0.3 is 0 Å². The molecular formula is C31H31F2N3O3. The number of halogens is 2. The second-order valence-electron chi connectivity index (χ2n) is 9.65. The molecule has 0 saturated carbocycles. The highest BCUT2D eigenvalue weighted by molar-refractivity contribution is 6.43. The molecule has 3 aliphatic rings. The Hall–Kier alpha value is -3.91. The molecule has 0 bridgehead atoms. The summed E-state index contributed by atoms with van der Waals surface area (Å²) in [5.74, 6) is 0.00884. The summed E-state index contributed by atoms with van der Waals surface area (Å²) < 4.78 is 44.9. The summed E-state index contributed by atoms with van der Waals surface area (Å²) in [6.45, 7) is 3.90. The monoisotopic (exact) mass is 531 g/mol. The van der Waals surface area contributed by atoms with Crippen molar-refractivity contribution < 1.29 is 23.0 Å². The van der Waals surface area contributed by atoms with Crippen LogP contribution in [0.2, 0.25) is 0 Å². The number of hydrogen-bond donors (Lipinski definition) is 0. The number of rotatable bonds is 9. The summed E-state index contributed by atoms with van der Waals surface area (Å²) in [5.41, 5.74) is 4.65. The van der Waals surface area contributed by atoms with Crippen LogP contribution < -0.4 is 4.74 Å². The lowest BCUT2D eigenvalue weighted by Crippen LogP contribution is -2.15. The predicted octanol–water partition coefficient (Wildman–Crippen LogP) is 6.48. The molecular weight excluding hydrogens is 500 g/mol. The zero-order valence-corrected chi connectivity index (χ0v) is 22.1. The summed E-state index contributed by atoms with van der Waals surface area (Å²) in [6, 6.07) is 12.1. The third-order valence-corrected chi connectivity index (χ3v) is 6.76. The fraction of sp³-hybridized carbons (Fsp3) is 0.323. The van der Waals surface area contributed by atoms with Crippen LogP contribution in [-0.2, 0) is 9.47 Å². The predicted molar refractivity (Wildman–Crippen MR) is 150 cm³/mol. The van der Waals surface area contributed by atoms with Crippen LogP contribution in [0.1, 0.15) is 43.7 Å². The lowest BCUT2D eigenvalue weighted by Gasteiger charge is -2.22. The summed E-state index contributed by atoms with van der Waals surface area (Å²) in [4.78, 5) is 13.6. The quantitative estimate of drug-likeness (QED) is 0.348. The Labute approximate surface area is 227 Å². The van der Waals surface area contributed by atoms with Crippen LogP contribution in [0.5, 0.6) is 5.75 Å². The minimum absolute atomic E-state index is 0.00533. The van der Waals surface area contributed by atoms with Gasteiger partial charge in [-0.1, -0.05) is 24.3 Å². The molecule has 3 heterocycles. The molecule has 2 aromatic rings. The molecule has 0 aromatic heterocycles. The van der Waals surface area contributed by atoms with Gasteiger partial charge in [-0.2, -0.15) is 0 Å². The molecule has 0 saturated heterocycles. The van der Waals surface area contributed by atoms with E-state index in [-0.39, 0.29) is 17.4 Å². The second kappa shape index (κ2) is 12.3. The van der Waals surface area contributed by atoms with E-state index in [1.165, 1.54) is 12.1 Å². The molecule has 0 N–H and O–H groups in total. The van der Waals surface area contributed by atoms with Crippen molar-refractivity contribution >= 4 is 23.3 Å². The van der Waals surface area contributed by atoms with Crippen molar-refractivity contribution in [1.29, 1.82) is 0 Å². The van der Waals surface area contributed by atoms with E-state index in [9.17, 15) is 8.78 Å². The highest BCUT2D eigenvalue weighted by Gasteiger charge is 2.23. The van der Waals surface area contributed by atoms with Crippen LogP contribution in [-0.4, -0.2) is 50.7 Å². The highest BCUT2D eigenvalue weighted by atomic mass is 19.2. The largest absolute Gasteiger partial charge is 0.494 e. The molecule has 39 heavy (non-hydrogen) atoms. The number of nitrogens with zero attached hydrogens (tertiary/aromatic N) is 3. The maximum Gasteiger partial charge on any atom is 0.169 e. The fourth-order valence-corrected chi connectivity index (χ4v) is 4.64. The van der Waals surface area contributed by atoms with E-state index in [1.54, 1.807) is 13.3 Å². The van der Waals surface area contributed by atoms with Crippen molar-refractivity contribution in [3.05, 3.63) is 94.4 Å². The number of benzene rings is 2. The Morgan fingerprint density at radius 1 is 1.05 bits per heavy atom. The van der Waals surface area contributed by atoms with Crippen molar-refractivity contribution in [1.82, 2.24) is 0 Å². The first-order chi connectivity index (χ1) is 19.0. The molecule has 0 radical (unpaired) electrons. The zero-order chi connectivity index (χ0) is 27.2. The van der Waals surface area contributed by atoms with Gasteiger partial charge in [0.15, 0.2) is 17.5 Å². The van der Waals surface area contributed by atoms with E-state index in [1.807, 2.05) is 18.2 Å². The smallest absolute Gasteiger partial charge is 0.169 e. The SMILES string of the molecule is COCCCOc1ccc(C2=C(C)COC(CC3CCC=C4N=C(c5cccc(F)c5F)N=C4C=N3)=C2)cc1. The summed E-state index contributed by atoms with van der Waals surface area (Å²) >= 11 is 0. The number of ether oxygens (including phenoxy) is 3. The first-order valence-electron chi connectivity index (χ1n) is 13.1. The van der Waals surface area contributed by atoms with Gasteiger partial charge < -0.3 is 14.2 Å². The number of amidine groups is 1. The number of allylic oxidation sites excluding steroid dienone is 4. The highest BCUT2D eigenvalue weighted by Crippen LogP contribution is 2.31. The van der Waals surface area contributed by atoms with Gasteiger partial charge in [0.1, 0.15) is 18.1 Å². The number of fused-ring (bicyclic) bond motifs is 1. The van der Waals surface area contributed by atoms with Crippen LogP contribution in [0.25, 0.3) is 5.57 Å². The van der Waals surface area contributed by atoms with Crippen LogP contribution in [0.15, 0.2) is 86.6 Å². The molecule has 1 unspecified atom stereocenters. The molecule has 6 nitrogen and oxygen atoms in total. The Bertz CT molecular complexity index is 1400. The number of hydrogen-bond acceptors (Lipinski definition) is 6. The van der Waals surface area contributed by atoms with Crippen molar-refractivity contribution in [2.24, 2.45) is 15.0 Å². The first-order valence-corrected chi connectivity index (χ1v) is 13.1. The molecule has 0 spiro atoms. The van der Waals surface area contributed by atoms with Gasteiger partial charge in [0, 0.05) is 32.8 Å². The molecule has 8 heteroatoms. The minimum Gasteiger partial charge on any atom is -0.494 e. The normalized spacial score (nSPS) is 18.8. The molecule has 2 aromatic carbocycles. The van der Waals surface area contributed by atoms with E-state index in [2.05, 4.69) is 35.1 Å². The molecule has 202 valence electrons. The Balaban J connectivity index is 1.26. The van der Waals surface area contributed by atoms with Crippen molar-refractivity contribution in [2.45, 2.75) is 38.6 Å². The second-order valence-corrected chi connectivity index (χ2v) is 9.65. The van der Waals surface area contributed by atoms with Crippen LogP contribution in [0.4, 0.5) is 8.78 Å². The maximum atomic E-state index is 14.3. The number of aliphatic imine (C=N–C) groups is 3. The molecule has 0 amide bonds. The van der Waals surface area contributed by atoms with Crippen LogP contribution in [0.3, 0.4) is 0 Å². The van der Waals surface area contributed by atoms with Gasteiger partial charge in [-0.15, -0.1) is 0 Å². The van der Waals surface area contributed by atoms with Gasteiger partial charge in [-0.3, -0.25) is 4.99 Å². The van der Waals surface area contributed by atoms with Crippen LogP contribution in [0, 0.1) is 11.6 Å². The zero-order valence-electron chi connectivity index (χ0n) is 22.1. The summed E-state index contributed by atoms with van der Waals surface area (Å²) in [5, 5.41) is 0. The molecule has 0 aliphatic carbocycles. The first kappa shape index (κ1) is 26.7. The van der Waals surface area contributed by atoms with Gasteiger partial charge in [0.25, 0.3) is 0 Å². The molecule has 3 aliphatic heterocycles. The van der Waals surface area contributed by atoms with Gasteiger partial charge in [-0.05, 0) is 66.8 Å². The van der Waals surface area contributed by atoms with E-state index in [0.717, 1.165) is 53.5 Å². The van der Waals surface area contributed by atoms with Gasteiger partial charge in [0.2, 0.25) is 0 Å². The third kappa shape index (κ3) is 6.40. The summed E-state index contributed by atoms with van der Waals surface area (Å²) in [7, 11) is 1.69. The van der Waals surface area contributed by atoms with Crippen molar-refractivity contribution in [3.8, 4) is 5.75 Å². The molecule has 0 fully saturated rings. The van der Waals surface area contributed by atoms with E-state index < -0.39 is 11.6 Å². The van der Waals surface area contributed by atoms with Crippen molar-refractivity contribution in [3.63, 3.8) is 0 Å². The Kier molecular flexibility index (Phi) is 8.42. The third-order valence-electron chi connectivity index (χ3n) is 6.76. The lowest BCUT2D eigenvalue weighted by atomic mass is 9.96. The summed E-state index contributed by atoms with van der Waals surface area (Å²) in [6.07, 6.45) is 8.80. The molecule has 5 rings (SSSR count). The molecule has 1 atom stereocenters. The maximum absolute atomic E-state index is 14.3. The Morgan fingerprint density at radius 2 is 1.90 bits per heavy atom. The number of methoxy groups -OCH3 is 1. The van der Waals surface area contributed by atoms with Crippen molar-refractivity contribution in [2.75, 3.05) is 26.9 Å². The standard InChI is InChI=1S/C31H31F2N3O3/c1-20-19-39-24(17-26(20)21-10-12-23(13-11-21)38-15-5-14-37-2)16-22-6-3-9-28-29(18-34-22)36-31(35-28)25-7-4-8-27(32)30(25)33/h4,7-13,17-18,22H,3,5-6,14-16,19H2,1-2H3. The lowest BCUT2D eigenvalue weighted by molar-refractivity contribution is 0.172. The van der Waals surface area contributed by atoms with Gasteiger partial charge in [0.05, 0.1) is 29.7 Å². The fourth-order valence-electron chi connectivity index (χ4n) is 4.64. The Morgan fingerprint density at radius 3 is 2.72 bits per heavy atom. The average molecular weight is 532 g/mol.